The first kappa shape index (κ1) is 21.4. The van der Waals surface area contributed by atoms with E-state index in [1.54, 1.807) is 10.9 Å². The summed E-state index contributed by atoms with van der Waals surface area (Å²) in [6.45, 7) is 3.60. The summed E-state index contributed by atoms with van der Waals surface area (Å²) in [5, 5.41) is 0. The van der Waals surface area contributed by atoms with Gasteiger partial charge in [0.15, 0.2) is 5.65 Å². The Morgan fingerprint density at radius 2 is 2.14 bits per heavy atom. The summed E-state index contributed by atoms with van der Waals surface area (Å²) >= 11 is 0. The Bertz CT molecular complexity index is 914. The average Bonchev–Trinajstić information content (AvgIpc) is 3.32. The first-order valence-corrected chi connectivity index (χ1v) is 10.8. The van der Waals surface area contributed by atoms with Crippen molar-refractivity contribution in [3.63, 3.8) is 0 Å². The van der Waals surface area contributed by atoms with Gasteiger partial charge in [-0.2, -0.15) is 4.98 Å². The number of rotatable bonds is 10. The van der Waals surface area contributed by atoms with Crippen LogP contribution in [0.1, 0.15) is 26.7 Å². The van der Waals surface area contributed by atoms with E-state index < -0.39 is 32.5 Å². The molecule has 1 fully saturated rings. The molecule has 0 aromatic carbocycles. The Labute approximate surface area is 166 Å². The number of nitrogens with two attached hydrogens (primary N) is 1. The van der Waals surface area contributed by atoms with Crippen molar-refractivity contribution in [2.75, 3.05) is 25.5 Å². The summed E-state index contributed by atoms with van der Waals surface area (Å²) in [6, 6.07) is 0. The third-order valence-corrected chi connectivity index (χ3v) is 5.11. The van der Waals surface area contributed by atoms with Crippen molar-refractivity contribution in [2.24, 2.45) is 5.92 Å². The molecule has 160 valence electrons. The van der Waals surface area contributed by atoms with Crippen molar-refractivity contribution in [2.45, 2.75) is 38.8 Å². The molecule has 3 rings (SSSR count). The van der Waals surface area contributed by atoms with Gasteiger partial charge in [0, 0.05) is 0 Å². The van der Waals surface area contributed by atoms with Gasteiger partial charge in [-0.25, -0.2) is 14.8 Å². The van der Waals surface area contributed by atoms with Crippen molar-refractivity contribution < 1.29 is 33.0 Å². The summed E-state index contributed by atoms with van der Waals surface area (Å²) in [5.41, 5.74) is 6.15. The van der Waals surface area contributed by atoms with E-state index in [-0.39, 0.29) is 18.5 Å². The molecule has 1 saturated carbocycles. The fourth-order valence-corrected chi connectivity index (χ4v) is 3.20. The molecule has 1 aliphatic carbocycles. The summed E-state index contributed by atoms with van der Waals surface area (Å²) < 4.78 is 33.7. The maximum absolute atomic E-state index is 12.1. The van der Waals surface area contributed by atoms with Gasteiger partial charge < -0.3 is 29.4 Å². The standard InChI is InChI=1S/C16H24N5O7P/c1-11(2)6-25-15(22)26-9-28-29(23,24)10-27-16(3-4-16)7-21-8-19-12-5-18-14(17)20-13(12)21/h5,8,11H,3-4,6-7,9-10H2,1-2H3,(H,23,24)(H2,17,18,20). The molecule has 13 heteroatoms. The SMILES string of the molecule is CC(C)COC(=O)OCOP(=O)(O)COC1(Cn2cnc3cnc(N)nc32)CC1. The van der Waals surface area contributed by atoms with Crippen LogP contribution in [-0.2, 0) is 29.8 Å². The molecule has 0 saturated heterocycles. The van der Waals surface area contributed by atoms with E-state index in [0.717, 1.165) is 0 Å². The number of hydrogen-bond acceptors (Lipinski definition) is 10. The number of fused-ring (bicyclic) bond motifs is 1. The molecule has 0 spiro atoms. The number of hydrogen-bond donors (Lipinski definition) is 2. The van der Waals surface area contributed by atoms with E-state index >= 15 is 0 Å². The maximum atomic E-state index is 12.1. The minimum Gasteiger partial charge on any atom is -0.434 e. The van der Waals surface area contributed by atoms with Gasteiger partial charge in [0.05, 0.1) is 31.3 Å². The fourth-order valence-electron chi connectivity index (χ4n) is 2.47. The zero-order valence-corrected chi connectivity index (χ0v) is 17.1. The molecule has 12 nitrogen and oxygen atoms in total. The minimum atomic E-state index is -4.11. The number of carbonyl (C=O) groups excluding carboxylic acids is 1. The van der Waals surface area contributed by atoms with Gasteiger partial charge >= 0.3 is 13.8 Å². The van der Waals surface area contributed by atoms with Gasteiger partial charge in [0.2, 0.25) is 12.7 Å². The van der Waals surface area contributed by atoms with Gasteiger partial charge in [-0.1, -0.05) is 13.8 Å². The summed E-state index contributed by atoms with van der Waals surface area (Å²) in [7, 11) is -4.11. The Kier molecular flexibility index (Phi) is 6.37. The van der Waals surface area contributed by atoms with E-state index in [0.29, 0.717) is 30.6 Å². The summed E-state index contributed by atoms with van der Waals surface area (Å²) in [5.74, 6) is 0.274. The average molecular weight is 429 g/mol. The van der Waals surface area contributed by atoms with Crippen LogP contribution in [0, 0.1) is 5.92 Å². The van der Waals surface area contributed by atoms with E-state index in [2.05, 4.69) is 19.7 Å². The smallest absolute Gasteiger partial charge is 0.434 e. The Morgan fingerprint density at radius 1 is 1.38 bits per heavy atom. The predicted octanol–water partition coefficient (Wildman–Crippen LogP) is 1.88. The number of carbonyl (C=O) groups is 1. The molecule has 0 radical (unpaired) electrons. The van der Waals surface area contributed by atoms with Gasteiger partial charge in [0.1, 0.15) is 11.9 Å². The van der Waals surface area contributed by atoms with Crippen molar-refractivity contribution in [3.8, 4) is 0 Å². The fraction of sp³-hybridized carbons (Fsp3) is 0.625. The number of ether oxygens (including phenoxy) is 3. The second-order valence-electron chi connectivity index (χ2n) is 7.25. The van der Waals surface area contributed by atoms with Crippen LogP contribution in [0.25, 0.3) is 11.2 Å². The molecule has 2 aromatic heterocycles. The van der Waals surface area contributed by atoms with Crippen molar-refractivity contribution in [1.29, 1.82) is 0 Å². The number of anilines is 1. The van der Waals surface area contributed by atoms with Crippen LogP contribution in [0.5, 0.6) is 0 Å². The zero-order valence-electron chi connectivity index (χ0n) is 16.2. The van der Waals surface area contributed by atoms with Gasteiger partial charge in [-0.05, 0) is 18.8 Å². The number of nitrogens with zero attached hydrogens (tertiary/aromatic N) is 4. The lowest BCUT2D eigenvalue weighted by atomic mass is 10.2. The highest BCUT2D eigenvalue weighted by Crippen LogP contribution is 2.48. The summed E-state index contributed by atoms with van der Waals surface area (Å²) in [4.78, 5) is 33.5. The molecular weight excluding hydrogens is 405 g/mol. The lowest BCUT2D eigenvalue weighted by Gasteiger charge is -2.19. The molecule has 1 atom stereocenters. The number of nitrogen functional groups attached to an aromatic ring is 1. The second-order valence-corrected chi connectivity index (χ2v) is 9.04. The van der Waals surface area contributed by atoms with E-state index in [1.807, 2.05) is 13.8 Å². The highest BCUT2D eigenvalue weighted by Gasteiger charge is 2.46. The van der Waals surface area contributed by atoms with Crippen molar-refractivity contribution in [1.82, 2.24) is 19.5 Å². The molecule has 1 unspecified atom stereocenters. The van der Waals surface area contributed by atoms with Crippen LogP contribution >= 0.6 is 7.60 Å². The van der Waals surface area contributed by atoms with Crippen molar-refractivity contribution in [3.05, 3.63) is 12.5 Å². The van der Waals surface area contributed by atoms with Gasteiger partial charge in [0.25, 0.3) is 0 Å². The predicted molar refractivity (Wildman–Crippen MR) is 101 cm³/mol. The summed E-state index contributed by atoms with van der Waals surface area (Å²) in [6.07, 6.45) is 3.01. The van der Waals surface area contributed by atoms with Crippen LogP contribution in [0.3, 0.4) is 0 Å². The number of imidazole rings is 1. The van der Waals surface area contributed by atoms with E-state index in [4.69, 9.17) is 19.7 Å². The normalized spacial score (nSPS) is 17.2. The Morgan fingerprint density at radius 3 is 2.83 bits per heavy atom. The number of aromatic nitrogens is 4. The molecule has 2 aromatic rings. The quantitative estimate of drug-likeness (QED) is 0.322. The van der Waals surface area contributed by atoms with Gasteiger partial charge in [-0.15, -0.1) is 0 Å². The topological polar surface area (TPSA) is 161 Å². The van der Waals surface area contributed by atoms with Crippen LogP contribution < -0.4 is 5.73 Å². The van der Waals surface area contributed by atoms with E-state index in [1.165, 1.54) is 6.20 Å². The Balaban J connectivity index is 1.47. The first-order valence-electron chi connectivity index (χ1n) is 9.01. The Hall–Kier alpha value is -2.27. The molecule has 3 N–H and O–H groups in total. The van der Waals surface area contributed by atoms with Crippen LogP contribution in [0.2, 0.25) is 0 Å². The molecule has 2 heterocycles. The largest absolute Gasteiger partial charge is 0.510 e. The first-order chi connectivity index (χ1) is 13.7. The second kappa shape index (κ2) is 8.62. The highest BCUT2D eigenvalue weighted by molar-refractivity contribution is 7.52. The van der Waals surface area contributed by atoms with Gasteiger partial charge in [-0.3, -0.25) is 9.09 Å². The maximum Gasteiger partial charge on any atom is 0.510 e. The lowest BCUT2D eigenvalue weighted by Crippen LogP contribution is -2.23. The zero-order chi connectivity index (χ0) is 21.1. The lowest BCUT2D eigenvalue weighted by molar-refractivity contribution is -0.0111. The van der Waals surface area contributed by atoms with E-state index in [9.17, 15) is 14.3 Å². The molecule has 0 aliphatic heterocycles. The minimum absolute atomic E-state index is 0.130. The molecule has 29 heavy (non-hydrogen) atoms. The third kappa shape index (κ3) is 6.10. The molecule has 1 aliphatic rings. The van der Waals surface area contributed by atoms with Crippen LogP contribution in [0.15, 0.2) is 12.5 Å². The monoisotopic (exact) mass is 429 g/mol. The highest BCUT2D eigenvalue weighted by atomic mass is 31.2. The van der Waals surface area contributed by atoms with Crippen molar-refractivity contribution >= 4 is 30.9 Å². The molecule has 0 bridgehead atoms. The third-order valence-electron chi connectivity index (χ3n) is 4.14. The molecular formula is C16H24N5O7P. The molecule has 0 amide bonds. The van der Waals surface area contributed by atoms with Crippen LogP contribution in [-0.4, -0.2) is 55.9 Å². The van der Waals surface area contributed by atoms with Crippen LogP contribution in [0.4, 0.5) is 10.7 Å².